The van der Waals surface area contributed by atoms with Crippen LogP contribution >= 0.6 is 11.6 Å². The van der Waals surface area contributed by atoms with Gasteiger partial charge in [0.2, 0.25) is 15.9 Å². The third kappa shape index (κ3) is 4.44. The lowest BCUT2D eigenvalue weighted by atomic mass is 10.2. The molecule has 1 saturated heterocycles. The third-order valence-corrected chi connectivity index (χ3v) is 6.16. The van der Waals surface area contributed by atoms with Gasteiger partial charge in [-0.1, -0.05) is 17.7 Å². The van der Waals surface area contributed by atoms with E-state index in [0.717, 1.165) is 5.56 Å². The molecule has 0 aliphatic carbocycles. The molecule has 1 aliphatic rings. The van der Waals surface area contributed by atoms with Gasteiger partial charge in [-0.05, 0) is 31.5 Å². The van der Waals surface area contributed by atoms with Crippen molar-refractivity contribution in [3.8, 4) is 0 Å². The number of nitrogens with one attached hydrogen (secondary N) is 1. The van der Waals surface area contributed by atoms with Gasteiger partial charge in [0.15, 0.2) is 0 Å². The summed E-state index contributed by atoms with van der Waals surface area (Å²) in [5, 5.41) is 3.19. The molecule has 1 amide bonds. The van der Waals surface area contributed by atoms with Crippen LogP contribution in [0.4, 0.5) is 0 Å². The summed E-state index contributed by atoms with van der Waals surface area (Å²) in [5.41, 5.74) is 0.845. The summed E-state index contributed by atoms with van der Waals surface area (Å²) in [4.78, 5) is 13.8. The molecule has 2 rings (SSSR count). The maximum Gasteiger partial charge on any atom is 0.243 e. The fraction of sp³-hybridized carbons (Fsp3) is 0.533. The van der Waals surface area contributed by atoms with Gasteiger partial charge in [-0.25, -0.2) is 8.42 Å². The fourth-order valence-corrected chi connectivity index (χ4v) is 4.16. The topological polar surface area (TPSA) is 69.7 Å². The zero-order valence-corrected chi connectivity index (χ0v) is 15.0. The molecule has 0 saturated carbocycles. The van der Waals surface area contributed by atoms with Crippen molar-refractivity contribution in [1.82, 2.24) is 14.5 Å². The minimum atomic E-state index is -3.54. The molecule has 1 N–H and O–H groups in total. The number of aryl methyl sites for hydroxylation is 1. The van der Waals surface area contributed by atoms with Gasteiger partial charge in [0.05, 0.1) is 11.4 Å². The van der Waals surface area contributed by atoms with Gasteiger partial charge in [0, 0.05) is 37.7 Å². The Balaban J connectivity index is 2.01. The average Bonchev–Trinajstić information content (AvgIpc) is 2.50. The predicted molar refractivity (Wildman–Crippen MR) is 90.1 cm³/mol. The molecule has 6 nitrogen and oxygen atoms in total. The Kier molecular flexibility index (Phi) is 6.02. The van der Waals surface area contributed by atoms with Crippen LogP contribution < -0.4 is 5.32 Å². The molecule has 23 heavy (non-hydrogen) atoms. The molecule has 1 aromatic rings. The highest BCUT2D eigenvalue weighted by atomic mass is 35.5. The molecule has 0 spiro atoms. The Morgan fingerprint density at radius 1 is 1.26 bits per heavy atom. The van der Waals surface area contributed by atoms with E-state index in [1.165, 1.54) is 10.4 Å². The Labute approximate surface area is 142 Å². The number of rotatable bonds is 5. The quantitative estimate of drug-likeness (QED) is 0.854. The zero-order chi connectivity index (χ0) is 17.0. The summed E-state index contributed by atoms with van der Waals surface area (Å²) >= 11 is 6.03. The highest BCUT2D eigenvalue weighted by Crippen LogP contribution is 2.23. The number of halogens is 1. The molecule has 128 valence electrons. The van der Waals surface area contributed by atoms with Crippen LogP contribution in [0.15, 0.2) is 23.1 Å². The first kappa shape index (κ1) is 18.2. The average molecular weight is 360 g/mol. The van der Waals surface area contributed by atoms with Crippen LogP contribution in [0.25, 0.3) is 0 Å². The number of benzene rings is 1. The second-order valence-electron chi connectivity index (χ2n) is 5.54. The van der Waals surface area contributed by atoms with Gasteiger partial charge in [0.1, 0.15) is 0 Å². The van der Waals surface area contributed by atoms with Crippen molar-refractivity contribution >= 4 is 27.5 Å². The van der Waals surface area contributed by atoms with Crippen LogP contribution in [0.2, 0.25) is 5.02 Å². The second-order valence-corrected chi connectivity index (χ2v) is 7.89. The number of hydrogen-bond acceptors (Lipinski definition) is 4. The van der Waals surface area contributed by atoms with Crippen LogP contribution in [-0.4, -0.2) is 62.8 Å². The molecule has 0 radical (unpaired) electrons. The summed E-state index contributed by atoms with van der Waals surface area (Å²) in [5.74, 6) is -0.0332. The van der Waals surface area contributed by atoms with Crippen molar-refractivity contribution < 1.29 is 13.2 Å². The Morgan fingerprint density at radius 2 is 1.91 bits per heavy atom. The first-order chi connectivity index (χ1) is 10.8. The summed E-state index contributed by atoms with van der Waals surface area (Å²) in [7, 11) is -3.54. The van der Waals surface area contributed by atoms with Gasteiger partial charge in [0.25, 0.3) is 0 Å². The van der Waals surface area contributed by atoms with Crippen LogP contribution in [0.5, 0.6) is 0 Å². The van der Waals surface area contributed by atoms with Crippen molar-refractivity contribution in [2.75, 3.05) is 39.3 Å². The molecular formula is C15H22ClN3O3S. The maximum absolute atomic E-state index is 12.7. The summed E-state index contributed by atoms with van der Waals surface area (Å²) in [6, 6.07) is 4.78. The molecule has 0 unspecified atom stereocenters. The number of piperazine rings is 1. The van der Waals surface area contributed by atoms with Crippen molar-refractivity contribution in [2.24, 2.45) is 0 Å². The standard InChI is InChI=1S/C15H22ClN3O3S/c1-3-17-15(20)11-18-6-8-19(9-7-18)23(21,22)13-5-4-12(2)14(16)10-13/h4-5,10H,3,6-9,11H2,1-2H3,(H,17,20). The lowest BCUT2D eigenvalue weighted by molar-refractivity contribution is -0.122. The molecule has 8 heteroatoms. The van der Waals surface area contributed by atoms with E-state index in [-0.39, 0.29) is 10.8 Å². The number of amides is 1. The van der Waals surface area contributed by atoms with Crippen LogP contribution in [0.3, 0.4) is 0 Å². The van der Waals surface area contributed by atoms with Crippen LogP contribution in [-0.2, 0) is 14.8 Å². The SMILES string of the molecule is CCNC(=O)CN1CCN(S(=O)(=O)c2ccc(C)c(Cl)c2)CC1. The normalized spacial score (nSPS) is 17.2. The van der Waals surface area contributed by atoms with E-state index in [4.69, 9.17) is 11.6 Å². The molecule has 1 heterocycles. The first-order valence-electron chi connectivity index (χ1n) is 7.60. The number of carbonyl (C=O) groups excluding carboxylic acids is 1. The van der Waals surface area contributed by atoms with Crippen molar-refractivity contribution in [3.63, 3.8) is 0 Å². The zero-order valence-electron chi connectivity index (χ0n) is 13.4. The summed E-state index contributed by atoms with van der Waals surface area (Å²) < 4.78 is 26.7. The van der Waals surface area contributed by atoms with E-state index >= 15 is 0 Å². The van der Waals surface area contributed by atoms with Gasteiger partial charge in [-0.3, -0.25) is 9.69 Å². The number of carbonyl (C=O) groups is 1. The highest BCUT2D eigenvalue weighted by Gasteiger charge is 2.29. The molecule has 1 aliphatic heterocycles. The third-order valence-electron chi connectivity index (χ3n) is 3.85. The first-order valence-corrected chi connectivity index (χ1v) is 9.41. The highest BCUT2D eigenvalue weighted by molar-refractivity contribution is 7.89. The number of likely N-dealkylation sites (N-methyl/N-ethyl adjacent to an activating group) is 1. The fourth-order valence-electron chi connectivity index (χ4n) is 2.47. The molecule has 1 aromatic carbocycles. The number of sulfonamides is 1. The van der Waals surface area contributed by atoms with Crippen LogP contribution in [0, 0.1) is 6.92 Å². The predicted octanol–water partition coefficient (Wildman–Crippen LogP) is 1.09. The summed E-state index contributed by atoms with van der Waals surface area (Å²) in [6.07, 6.45) is 0. The van der Waals surface area contributed by atoms with Crippen LogP contribution in [0.1, 0.15) is 12.5 Å². The van der Waals surface area contributed by atoms with E-state index in [1.807, 2.05) is 18.7 Å². The Morgan fingerprint density at radius 3 is 2.48 bits per heavy atom. The lowest BCUT2D eigenvalue weighted by Gasteiger charge is -2.33. The van der Waals surface area contributed by atoms with Crippen molar-refractivity contribution in [3.05, 3.63) is 28.8 Å². The van der Waals surface area contributed by atoms with Gasteiger partial charge in [-0.15, -0.1) is 0 Å². The maximum atomic E-state index is 12.7. The largest absolute Gasteiger partial charge is 0.355 e. The van der Waals surface area contributed by atoms with E-state index in [0.29, 0.717) is 44.3 Å². The molecule has 0 aromatic heterocycles. The molecule has 0 atom stereocenters. The molecular weight excluding hydrogens is 338 g/mol. The number of nitrogens with zero attached hydrogens (tertiary/aromatic N) is 2. The van der Waals surface area contributed by atoms with Crippen molar-refractivity contribution in [1.29, 1.82) is 0 Å². The summed E-state index contributed by atoms with van der Waals surface area (Å²) in [6.45, 7) is 6.42. The number of hydrogen-bond donors (Lipinski definition) is 1. The monoisotopic (exact) mass is 359 g/mol. The van der Waals surface area contributed by atoms with E-state index < -0.39 is 10.0 Å². The van der Waals surface area contributed by atoms with Gasteiger partial charge in [-0.2, -0.15) is 4.31 Å². The van der Waals surface area contributed by atoms with Gasteiger partial charge >= 0.3 is 0 Å². The molecule has 1 fully saturated rings. The molecule has 0 bridgehead atoms. The smallest absolute Gasteiger partial charge is 0.243 e. The Hall–Kier alpha value is -1.15. The minimum Gasteiger partial charge on any atom is -0.355 e. The van der Waals surface area contributed by atoms with Crippen molar-refractivity contribution in [2.45, 2.75) is 18.7 Å². The van der Waals surface area contributed by atoms with E-state index in [9.17, 15) is 13.2 Å². The second kappa shape index (κ2) is 7.61. The minimum absolute atomic E-state index is 0.0332. The Bertz CT molecular complexity index is 671. The van der Waals surface area contributed by atoms with Gasteiger partial charge < -0.3 is 5.32 Å². The lowest BCUT2D eigenvalue weighted by Crippen LogP contribution is -2.51. The van der Waals surface area contributed by atoms with E-state index in [2.05, 4.69) is 5.32 Å². The van der Waals surface area contributed by atoms with E-state index in [1.54, 1.807) is 12.1 Å².